The highest BCUT2D eigenvalue weighted by Crippen LogP contribution is 2.06. The largest absolute Gasteiger partial charge is 0.391 e. The van der Waals surface area contributed by atoms with Gasteiger partial charge in [-0.3, -0.25) is 9.59 Å². The van der Waals surface area contributed by atoms with Gasteiger partial charge in [0, 0.05) is 20.1 Å². The van der Waals surface area contributed by atoms with Crippen molar-refractivity contribution in [1.29, 1.82) is 0 Å². The van der Waals surface area contributed by atoms with Crippen LogP contribution in [0.15, 0.2) is 0 Å². The second-order valence-corrected chi connectivity index (χ2v) is 3.85. The number of nitrogens with one attached hydrogen (secondary N) is 2. The first-order valence-corrected chi connectivity index (χ1v) is 5.37. The van der Waals surface area contributed by atoms with E-state index in [1.807, 2.05) is 0 Å². The van der Waals surface area contributed by atoms with Crippen LogP contribution in [0.4, 0.5) is 0 Å². The molecular formula is C10H18N2O4. The van der Waals surface area contributed by atoms with Crippen LogP contribution in [0.2, 0.25) is 0 Å². The summed E-state index contributed by atoms with van der Waals surface area (Å²) in [6.45, 7) is 0.645. The molecule has 0 aromatic carbocycles. The maximum absolute atomic E-state index is 11.5. The van der Waals surface area contributed by atoms with Gasteiger partial charge in [0.25, 0.3) is 0 Å². The van der Waals surface area contributed by atoms with Crippen LogP contribution >= 0.6 is 0 Å². The van der Waals surface area contributed by atoms with Crippen molar-refractivity contribution >= 4 is 11.8 Å². The Hall–Kier alpha value is -1.14. The number of rotatable bonds is 6. The van der Waals surface area contributed by atoms with Gasteiger partial charge in [-0.05, 0) is 12.8 Å². The molecule has 1 fully saturated rings. The number of hydrogen-bond acceptors (Lipinski definition) is 4. The van der Waals surface area contributed by atoms with Crippen LogP contribution in [0.25, 0.3) is 0 Å². The summed E-state index contributed by atoms with van der Waals surface area (Å²) >= 11 is 0. The van der Waals surface area contributed by atoms with E-state index in [1.165, 1.54) is 7.11 Å². The van der Waals surface area contributed by atoms with E-state index in [0.29, 0.717) is 25.8 Å². The summed E-state index contributed by atoms with van der Waals surface area (Å²) in [7, 11) is 1.51. The molecule has 92 valence electrons. The Morgan fingerprint density at radius 3 is 3.06 bits per heavy atom. The molecule has 6 nitrogen and oxygen atoms in total. The number of amides is 2. The lowest BCUT2D eigenvalue weighted by Crippen LogP contribution is -2.42. The van der Waals surface area contributed by atoms with Crippen molar-refractivity contribution in [1.82, 2.24) is 10.6 Å². The predicted octanol–water partition coefficient (Wildman–Crippen LogP) is -1.22. The minimum absolute atomic E-state index is 0.0837. The van der Waals surface area contributed by atoms with Gasteiger partial charge in [-0.2, -0.15) is 0 Å². The quantitative estimate of drug-likeness (QED) is 0.533. The van der Waals surface area contributed by atoms with Crippen molar-refractivity contribution in [2.75, 3.05) is 20.3 Å². The summed E-state index contributed by atoms with van der Waals surface area (Å²) in [5.74, 6) is -0.268. The zero-order valence-electron chi connectivity index (χ0n) is 9.36. The van der Waals surface area contributed by atoms with Gasteiger partial charge in [-0.15, -0.1) is 0 Å². The number of ether oxygens (including phenoxy) is 1. The lowest BCUT2D eigenvalue weighted by molar-refractivity contribution is -0.125. The van der Waals surface area contributed by atoms with Gasteiger partial charge in [0.2, 0.25) is 11.8 Å². The molecule has 0 spiro atoms. The van der Waals surface area contributed by atoms with Gasteiger partial charge in [0.05, 0.1) is 12.7 Å². The Balaban J connectivity index is 2.13. The Morgan fingerprint density at radius 1 is 1.75 bits per heavy atom. The first-order valence-electron chi connectivity index (χ1n) is 5.37. The first kappa shape index (κ1) is 12.9. The molecule has 1 rings (SSSR count). The molecule has 0 bridgehead atoms. The van der Waals surface area contributed by atoms with Crippen LogP contribution in [0.3, 0.4) is 0 Å². The molecule has 0 saturated carbocycles. The molecule has 6 heteroatoms. The Labute approximate surface area is 94.3 Å². The molecule has 2 unspecified atom stereocenters. The van der Waals surface area contributed by atoms with E-state index < -0.39 is 12.1 Å². The van der Waals surface area contributed by atoms with Crippen molar-refractivity contribution < 1.29 is 19.4 Å². The minimum Gasteiger partial charge on any atom is -0.391 e. The fraction of sp³-hybridized carbons (Fsp3) is 0.800. The second-order valence-electron chi connectivity index (χ2n) is 3.85. The third-order valence-electron chi connectivity index (χ3n) is 2.45. The van der Waals surface area contributed by atoms with E-state index in [-0.39, 0.29) is 18.4 Å². The van der Waals surface area contributed by atoms with Gasteiger partial charge < -0.3 is 20.5 Å². The van der Waals surface area contributed by atoms with E-state index in [4.69, 9.17) is 4.74 Å². The highest BCUT2D eigenvalue weighted by Gasteiger charge is 2.26. The summed E-state index contributed by atoms with van der Waals surface area (Å²) in [6, 6.07) is -0.410. The lowest BCUT2D eigenvalue weighted by Gasteiger charge is -2.13. The van der Waals surface area contributed by atoms with Crippen molar-refractivity contribution in [2.45, 2.75) is 31.4 Å². The fourth-order valence-electron chi connectivity index (χ4n) is 1.57. The molecule has 1 saturated heterocycles. The van der Waals surface area contributed by atoms with Crippen molar-refractivity contribution in [3.8, 4) is 0 Å². The fourth-order valence-corrected chi connectivity index (χ4v) is 1.57. The van der Waals surface area contributed by atoms with Crippen LogP contribution < -0.4 is 10.6 Å². The monoisotopic (exact) mass is 230 g/mol. The van der Waals surface area contributed by atoms with E-state index >= 15 is 0 Å². The molecule has 3 N–H and O–H groups in total. The molecule has 0 aromatic heterocycles. The minimum atomic E-state index is -0.566. The lowest BCUT2D eigenvalue weighted by atomic mass is 10.2. The zero-order chi connectivity index (χ0) is 12.0. The van der Waals surface area contributed by atoms with E-state index in [2.05, 4.69) is 10.6 Å². The molecule has 0 aliphatic carbocycles. The normalized spacial score (nSPS) is 21.6. The van der Waals surface area contributed by atoms with Crippen molar-refractivity contribution in [3.05, 3.63) is 0 Å². The number of carbonyl (C=O) groups is 2. The van der Waals surface area contributed by atoms with Gasteiger partial charge in [0.15, 0.2) is 0 Å². The maximum atomic E-state index is 11.5. The topological polar surface area (TPSA) is 87.7 Å². The van der Waals surface area contributed by atoms with Crippen LogP contribution in [0.1, 0.15) is 19.3 Å². The summed E-state index contributed by atoms with van der Waals surface area (Å²) < 4.78 is 4.76. The van der Waals surface area contributed by atoms with Crippen LogP contribution in [-0.4, -0.2) is 49.3 Å². The van der Waals surface area contributed by atoms with E-state index in [1.54, 1.807) is 0 Å². The maximum Gasteiger partial charge on any atom is 0.242 e. The standard InChI is InChI=1S/C10H18N2O4/c1-16-6-7(13)4-5-11-10(15)8-2-3-9(14)12-8/h7-8,13H,2-6H2,1H3,(H,11,15)(H,12,14). The highest BCUT2D eigenvalue weighted by molar-refractivity contribution is 5.90. The van der Waals surface area contributed by atoms with Gasteiger partial charge in [0.1, 0.15) is 6.04 Å². The molecule has 1 heterocycles. The average Bonchev–Trinajstić information content (AvgIpc) is 2.65. The Bertz CT molecular complexity index is 257. The van der Waals surface area contributed by atoms with Gasteiger partial charge in [-0.25, -0.2) is 0 Å². The molecule has 16 heavy (non-hydrogen) atoms. The number of hydrogen-bond donors (Lipinski definition) is 3. The molecule has 1 aliphatic rings. The molecule has 2 atom stereocenters. The van der Waals surface area contributed by atoms with Crippen LogP contribution in [0.5, 0.6) is 0 Å². The zero-order valence-corrected chi connectivity index (χ0v) is 9.36. The van der Waals surface area contributed by atoms with Crippen LogP contribution in [0, 0.1) is 0 Å². The van der Waals surface area contributed by atoms with Gasteiger partial charge >= 0.3 is 0 Å². The molecule has 0 radical (unpaired) electrons. The number of carbonyl (C=O) groups excluding carboxylic acids is 2. The summed E-state index contributed by atoms with van der Waals surface area (Å²) in [4.78, 5) is 22.4. The van der Waals surface area contributed by atoms with E-state index in [9.17, 15) is 14.7 Å². The number of methoxy groups -OCH3 is 1. The third-order valence-corrected chi connectivity index (χ3v) is 2.45. The Kier molecular flexibility index (Phi) is 5.21. The summed E-state index contributed by atoms with van der Waals surface area (Å²) in [5, 5.41) is 14.6. The van der Waals surface area contributed by atoms with Gasteiger partial charge in [-0.1, -0.05) is 0 Å². The molecule has 1 aliphatic heterocycles. The highest BCUT2D eigenvalue weighted by atomic mass is 16.5. The van der Waals surface area contributed by atoms with Crippen LogP contribution in [-0.2, 0) is 14.3 Å². The predicted molar refractivity (Wildman–Crippen MR) is 56.7 cm³/mol. The first-order chi connectivity index (χ1) is 7.63. The number of aliphatic hydroxyl groups excluding tert-OH is 1. The van der Waals surface area contributed by atoms with Crippen molar-refractivity contribution in [2.24, 2.45) is 0 Å². The summed E-state index contributed by atoms with van der Waals surface area (Å²) in [5.41, 5.74) is 0. The van der Waals surface area contributed by atoms with Crippen molar-refractivity contribution in [3.63, 3.8) is 0 Å². The molecule has 2 amide bonds. The molecule has 0 aromatic rings. The Morgan fingerprint density at radius 2 is 2.50 bits per heavy atom. The number of aliphatic hydroxyl groups is 1. The third kappa shape index (κ3) is 4.16. The SMILES string of the molecule is COCC(O)CCNC(=O)C1CCC(=O)N1. The smallest absolute Gasteiger partial charge is 0.242 e. The van der Waals surface area contributed by atoms with E-state index in [0.717, 1.165) is 0 Å². The summed E-state index contributed by atoms with van der Waals surface area (Å²) in [6.07, 6.45) is 0.833. The average molecular weight is 230 g/mol. The molecular weight excluding hydrogens is 212 g/mol. The second kappa shape index (κ2) is 6.44.